The molecule has 1 saturated heterocycles. The molecule has 0 aromatic heterocycles. The van der Waals surface area contributed by atoms with Crippen LogP contribution >= 0.6 is 0 Å². The Bertz CT molecular complexity index is 581. The number of hydrogen-bond donors (Lipinski definition) is 1. The fraction of sp³-hybridized carbons (Fsp3) is 0.625. The number of hydrogen-bond acceptors (Lipinski definition) is 3. The van der Waals surface area contributed by atoms with Gasteiger partial charge < -0.3 is 5.73 Å². The zero-order valence-corrected chi connectivity index (χ0v) is 14.1. The van der Waals surface area contributed by atoms with Gasteiger partial charge in [0.15, 0.2) is 0 Å². The number of sulfonamides is 1. The molecule has 0 amide bonds. The van der Waals surface area contributed by atoms with E-state index in [1.165, 1.54) is 0 Å². The van der Waals surface area contributed by atoms with Crippen LogP contribution in [0.1, 0.15) is 45.7 Å². The largest absolute Gasteiger partial charge is 0.324 e. The lowest BCUT2D eigenvalue weighted by Crippen LogP contribution is -2.48. The molecule has 1 aliphatic rings. The smallest absolute Gasteiger partial charge is 0.243 e. The molecular formula is C16H26N2O2S. The fourth-order valence-corrected chi connectivity index (χ4v) is 4.91. The Morgan fingerprint density at radius 2 is 1.76 bits per heavy atom. The molecule has 1 aliphatic heterocycles. The van der Waals surface area contributed by atoms with Gasteiger partial charge in [0.05, 0.1) is 4.90 Å². The second kappa shape index (κ2) is 6.07. The summed E-state index contributed by atoms with van der Waals surface area (Å²) in [6.45, 7) is 8.74. The van der Waals surface area contributed by atoms with Crippen molar-refractivity contribution in [2.24, 2.45) is 17.6 Å². The second-order valence-corrected chi connectivity index (χ2v) is 8.38. The van der Waals surface area contributed by atoms with Crippen LogP contribution in [-0.2, 0) is 10.0 Å². The third kappa shape index (κ3) is 3.30. The molecule has 2 rings (SSSR count). The van der Waals surface area contributed by atoms with E-state index in [0.29, 0.717) is 23.3 Å². The summed E-state index contributed by atoms with van der Waals surface area (Å²) in [5.41, 5.74) is 6.76. The minimum absolute atomic E-state index is 0.0410. The van der Waals surface area contributed by atoms with Crippen LogP contribution < -0.4 is 5.73 Å². The van der Waals surface area contributed by atoms with Gasteiger partial charge >= 0.3 is 0 Å². The molecular weight excluding hydrogens is 284 g/mol. The summed E-state index contributed by atoms with van der Waals surface area (Å²) < 4.78 is 27.4. The topological polar surface area (TPSA) is 63.4 Å². The van der Waals surface area contributed by atoms with Crippen molar-refractivity contribution in [1.29, 1.82) is 0 Å². The summed E-state index contributed by atoms with van der Waals surface area (Å²) in [5.74, 6) is 0.779. The Morgan fingerprint density at radius 3 is 2.29 bits per heavy atom. The van der Waals surface area contributed by atoms with Crippen LogP contribution in [0.4, 0.5) is 0 Å². The maximum Gasteiger partial charge on any atom is 0.243 e. The number of rotatable bonds is 3. The Morgan fingerprint density at radius 1 is 1.19 bits per heavy atom. The van der Waals surface area contributed by atoms with E-state index >= 15 is 0 Å². The van der Waals surface area contributed by atoms with Gasteiger partial charge in [-0.1, -0.05) is 26.0 Å². The highest BCUT2D eigenvalue weighted by Gasteiger charge is 2.37. The van der Waals surface area contributed by atoms with Crippen LogP contribution in [0.2, 0.25) is 0 Å². The van der Waals surface area contributed by atoms with Crippen LogP contribution in [0.3, 0.4) is 0 Å². The minimum Gasteiger partial charge on any atom is -0.324 e. The van der Waals surface area contributed by atoms with Gasteiger partial charge in [-0.15, -0.1) is 0 Å². The van der Waals surface area contributed by atoms with Gasteiger partial charge in [-0.3, -0.25) is 0 Å². The number of nitrogens with zero attached hydrogens (tertiary/aromatic N) is 1. The highest BCUT2D eigenvalue weighted by molar-refractivity contribution is 7.89. The van der Waals surface area contributed by atoms with Crippen molar-refractivity contribution in [3.8, 4) is 0 Å². The number of benzene rings is 1. The minimum atomic E-state index is -3.43. The zero-order chi connectivity index (χ0) is 15.8. The first-order valence-corrected chi connectivity index (χ1v) is 9.05. The molecule has 0 aliphatic carbocycles. The molecule has 4 unspecified atom stereocenters. The monoisotopic (exact) mass is 310 g/mol. The standard InChI is InChI=1S/C16H26N2O2S/c1-11-9-12(2)14(4)18(10-11)21(19,20)16-7-5-15(6-8-16)13(3)17/h5-8,11-14H,9-10,17H2,1-4H3. The van der Waals surface area contributed by atoms with Crippen LogP contribution in [0, 0.1) is 11.8 Å². The van der Waals surface area contributed by atoms with E-state index in [1.54, 1.807) is 28.6 Å². The fourth-order valence-electron chi connectivity index (χ4n) is 3.06. The van der Waals surface area contributed by atoms with Crippen molar-refractivity contribution in [2.75, 3.05) is 6.54 Å². The van der Waals surface area contributed by atoms with Crippen molar-refractivity contribution in [2.45, 2.75) is 51.1 Å². The first kappa shape index (κ1) is 16.5. The van der Waals surface area contributed by atoms with Crippen LogP contribution in [0.5, 0.6) is 0 Å². The SMILES string of the molecule is CC1CC(C)C(C)N(S(=O)(=O)c2ccc(C(C)N)cc2)C1. The summed E-state index contributed by atoms with van der Waals surface area (Å²) >= 11 is 0. The molecule has 0 radical (unpaired) electrons. The van der Waals surface area contributed by atoms with Crippen molar-refractivity contribution in [3.63, 3.8) is 0 Å². The summed E-state index contributed by atoms with van der Waals surface area (Å²) in [5, 5.41) is 0. The van der Waals surface area contributed by atoms with Crippen LogP contribution in [-0.4, -0.2) is 25.3 Å². The molecule has 0 saturated carbocycles. The lowest BCUT2D eigenvalue weighted by atomic mass is 9.88. The van der Waals surface area contributed by atoms with Crippen molar-refractivity contribution in [1.82, 2.24) is 4.31 Å². The van der Waals surface area contributed by atoms with Crippen LogP contribution in [0.25, 0.3) is 0 Å². The molecule has 118 valence electrons. The third-order valence-electron chi connectivity index (χ3n) is 4.56. The predicted molar refractivity (Wildman–Crippen MR) is 85.3 cm³/mol. The molecule has 5 heteroatoms. The van der Waals surface area contributed by atoms with Crippen molar-refractivity contribution in [3.05, 3.63) is 29.8 Å². The van der Waals surface area contributed by atoms with Gasteiger partial charge in [0.1, 0.15) is 0 Å². The van der Waals surface area contributed by atoms with Gasteiger partial charge in [0.2, 0.25) is 10.0 Å². The lowest BCUT2D eigenvalue weighted by Gasteiger charge is -2.40. The molecule has 4 nitrogen and oxygen atoms in total. The molecule has 1 aromatic carbocycles. The van der Waals surface area contributed by atoms with Gasteiger partial charge in [0, 0.05) is 18.6 Å². The van der Waals surface area contributed by atoms with Gasteiger partial charge in [-0.25, -0.2) is 8.42 Å². The maximum absolute atomic E-state index is 12.9. The van der Waals surface area contributed by atoms with Gasteiger partial charge in [-0.05, 0) is 49.8 Å². The second-order valence-electron chi connectivity index (χ2n) is 6.49. The summed E-state index contributed by atoms with van der Waals surface area (Å²) in [6.07, 6.45) is 1.08. The van der Waals surface area contributed by atoms with Gasteiger partial charge in [0.25, 0.3) is 0 Å². The number of nitrogens with two attached hydrogens (primary N) is 1. The van der Waals surface area contributed by atoms with Crippen LogP contribution in [0.15, 0.2) is 29.2 Å². The van der Waals surface area contributed by atoms with E-state index in [2.05, 4.69) is 13.8 Å². The van der Waals surface area contributed by atoms with Gasteiger partial charge in [-0.2, -0.15) is 4.31 Å². The molecule has 1 aromatic rings. The van der Waals surface area contributed by atoms with Crippen molar-refractivity contribution < 1.29 is 8.42 Å². The Balaban J connectivity index is 2.32. The van der Waals surface area contributed by atoms with E-state index in [4.69, 9.17) is 5.73 Å². The molecule has 2 N–H and O–H groups in total. The Hall–Kier alpha value is -0.910. The summed E-state index contributed by atoms with van der Waals surface area (Å²) in [6, 6.07) is 6.91. The molecule has 4 atom stereocenters. The van der Waals surface area contributed by atoms with Crippen molar-refractivity contribution >= 4 is 10.0 Å². The molecule has 0 spiro atoms. The first-order valence-electron chi connectivity index (χ1n) is 7.61. The van der Waals surface area contributed by atoms with E-state index in [1.807, 2.05) is 13.8 Å². The van der Waals surface area contributed by atoms with E-state index in [-0.39, 0.29) is 12.1 Å². The van der Waals surface area contributed by atoms with E-state index in [0.717, 1.165) is 12.0 Å². The lowest BCUT2D eigenvalue weighted by molar-refractivity contribution is 0.157. The average Bonchev–Trinajstić information content (AvgIpc) is 2.42. The molecule has 1 fully saturated rings. The Kier molecular flexibility index (Phi) is 4.76. The molecule has 1 heterocycles. The van der Waals surface area contributed by atoms with E-state index in [9.17, 15) is 8.42 Å². The molecule has 21 heavy (non-hydrogen) atoms. The average molecular weight is 310 g/mol. The predicted octanol–water partition coefficient (Wildman–Crippen LogP) is 2.76. The van der Waals surface area contributed by atoms with E-state index < -0.39 is 10.0 Å². The highest BCUT2D eigenvalue weighted by Crippen LogP contribution is 2.31. The first-order chi connectivity index (χ1) is 9.73. The summed E-state index contributed by atoms with van der Waals surface area (Å²) in [4.78, 5) is 0.361. The summed E-state index contributed by atoms with van der Waals surface area (Å²) in [7, 11) is -3.43. The quantitative estimate of drug-likeness (QED) is 0.933. The Labute approximate surface area is 128 Å². The highest BCUT2D eigenvalue weighted by atomic mass is 32.2. The molecule has 0 bridgehead atoms. The third-order valence-corrected chi connectivity index (χ3v) is 6.52. The zero-order valence-electron chi connectivity index (χ0n) is 13.3. The number of piperidine rings is 1. The normalized spacial score (nSPS) is 29.3. The maximum atomic E-state index is 12.9.